The molecule has 1 unspecified atom stereocenters. The van der Waals surface area contributed by atoms with E-state index >= 15 is 0 Å². The highest BCUT2D eigenvalue weighted by Gasteiger charge is 2.50. The molecule has 1 heterocycles. The van der Waals surface area contributed by atoms with Crippen LogP contribution in [0.1, 0.15) is 41.5 Å². The van der Waals surface area contributed by atoms with Gasteiger partial charge in [-0.05, 0) is 52.8 Å². The van der Waals surface area contributed by atoms with Gasteiger partial charge in [0, 0.05) is 33.2 Å². The maximum atomic E-state index is 13.1. The molecule has 7 heteroatoms. The minimum absolute atomic E-state index is 0.134. The van der Waals surface area contributed by atoms with Crippen LogP contribution in [0.3, 0.4) is 0 Å². The Balaban J connectivity index is 1.24. The predicted octanol–water partition coefficient (Wildman–Crippen LogP) is 3.88. The second kappa shape index (κ2) is 12.0. The summed E-state index contributed by atoms with van der Waals surface area (Å²) in [6.45, 7) is 3.95. The summed E-state index contributed by atoms with van der Waals surface area (Å²) in [5.74, 6) is -0.834. The van der Waals surface area contributed by atoms with Crippen LogP contribution in [-0.4, -0.2) is 72.5 Å². The van der Waals surface area contributed by atoms with Crippen molar-refractivity contribution in [1.29, 1.82) is 0 Å². The van der Waals surface area contributed by atoms with Gasteiger partial charge >= 0.3 is 5.97 Å². The molecular weight excluding hydrogens is 502 g/mol. The SMILES string of the molecule is CNC(=O)Cc1cccc2c1C(CCCCN1CCN(C(=O)Cc3ccccc3)CC1)(C(=O)O)c1ccccc1-2. The monoisotopic (exact) mass is 539 g/mol. The second-order valence-electron chi connectivity index (χ2n) is 10.8. The third-order valence-corrected chi connectivity index (χ3v) is 8.45. The van der Waals surface area contributed by atoms with Gasteiger partial charge in [-0.1, -0.05) is 79.2 Å². The van der Waals surface area contributed by atoms with Crippen LogP contribution in [0.5, 0.6) is 0 Å². The van der Waals surface area contributed by atoms with E-state index in [-0.39, 0.29) is 18.2 Å². The number of carboxylic acid groups (broad SMARTS) is 1. The third kappa shape index (κ3) is 5.39. The minimum atomic E-state index is -1.18. The molecule has 1 aliphatic carbocycles. The molecule has 0 saturated carbocycles. The number of nitrogens with zero attached hydrogens (tertiary/aromatic N) is 2. The maximum Gasteiger partial charge on any atom is 0.318 e. The molecule has 2 aliphatic rings. The first kappa shape index (κ1) is 27.6. The molecule has 3 aromatic rings. The van der Waals surface area contributed by atoms with Crippen molar-refractivity contribution in [3.05, 3.63) is 95.1 Å². The zero-order valence-corrected chi connectivity index (χ0v) is 23.1. The number of piperazine rings is 1. The van der Waals surface area contributed by atoms with Crippen LogP contribution in [-0.2, 0) is 32.6 Å². The van der Waals surface area contributed by atoms with Gasteiger partial charge in [-0.25, -0.2) is 0 Å². The Morgan fingerprint density at radius 3 is 2.25 bits per heavy atom. The first-order chi connectivity index (χ1) is 19.4. The highest BCUT2D eigenvalue weighted by Crippen LogP contribution is 2.53. The average molecular weight is 540 g/mol. The number of likely N-dealkylation sites (N-methyl/N-ethyl adjacent to an activating group) is 1. The Morgan fingerprint density at radius 2 is 1.52 bits per heavy atom. The maximum absolute atomic E-state index is 13.1. The first-order valence-corrected chi connectivity index (χ1v) is 14.1. The summed E-state index contributed by atoms with van der Waals surface area (Å²) in [7, 11) is 1.60. The standard InChI is InChI=1S/C33H37N3O4/c1-34-29(37)23-25-12-9-14-27-26-13-5-6-15-28(26)33(31(25)27,32(39)40)16-7-8-17-35-18-20-36(21-19-35)30(38)22-24-10-3-2-4-11-24/h2-6,9-15H,7-8,16-23H2,1H3,(H,34,37)(H,39,40). The van der Waals surface area contributed by atoms with Crippen molar-refractivity contribution in [1.82, 2.24) is 15.1 Å². The van der Waals surface area contributed by atoms with Crippen LogP contribution >= 0.6 is 0 Å². The Hall–Kier alpha value is -3.97. The van der Waals surface area contributed by atoms with Crippen LogP contribution in [0.25, 0.3) is 11.1 Å². The number of carbonyl (C=O) groups is 3. The van der Waals surface area contributed by atoms with E-state index in [1.54, 1.807) is 7.05 Å². The Labute approximate surface area is 235 Å². The number of fused-ring (bicyclic) bond motifs is 3. The van der Waals surface area contributed by atoms with E-state index in [1.807, 2.05) is 77.7 Å². The minimum Gasteiger partial charge on any atom is -0.480 e. The van der Waals surface area contributed by atoms with Gasteiger partial charge in [-0.15, -0.1) is 0 Å². The lowest BCUT2D eigenvalue weighted by Gasteiger charge is -2.35. The molecule has 1 saturated heterocycles. The van der Waals surface area contributed by atoms with E-state index in [1.165, 1.54) is 0 Å². The molecule has 1 fully saturated rings. The van der Waals surface area contributed by atoms with Crippen LogP contribution in [0.15, 0.2) is 72.8 Å². The van der Waals surface area contributed by atoms with Crippen LogP contribution in [0, 0.1) is 0 Å². The lowest BCUT2D eigenvalue weighted by molar-refractivity contribution is -0.142. The molecule has 3 aromatic carbocycles. The molecule has 0 aromatic heterocycles. The lowest BCUT2D eigenvalue weighted by Crippen LogP contribution is -2.49. The Morgan fingerprint density at radius 1 is 0.825 bits per heavy atom. The highest BCUT2D eigenvalue weighted by atomic mass is 16.4. The molecular formula is C33H37N3O4. The topological polar surface area (TPSA) is 90.0 Å². The van der Waals surface area contributed by atoms with E-state index in [0.717, 1.165) is 65.9 Å². The molecule has 7 nitrogen and oxygen atoms in total. The predicted molar refractivity (Wildman–Crippen MR) is 155 cm³/mol. The quantitative estimate of drug-likeness (QED) is 0.382. The summed E-state index contributed by atoms with van der Waals surface area (Å²) in [5.41, 5.74) is 4.05. The number of carbonyl (C=O) groups excluding carboxylic acids is 2. The van der Waals surface area contributed by atoms with Crippen molar-refractivity contribution in [3.8, 4) is 11.1 Å². The first-order valence-electron chi connectivity index (χ1n) is 14.1. The molecule has 40 heavy (non-hydrogen) atoms. The number of benzene rings is 3. The number of hydrogen-bond acceptors (Lipinski definition) is 4. The third-order valence-electron chi connectivity index (χ3n) is 8.45. The van der Waals surface area contributed by atoms with E-state index in [9.17, 15) is 19.5 Å². The van der Waals surface area contributed by atoms with Crippen molar-refractivity contribution >= 4 is 17.8 Å². The van der Waals surface area contributed by atoms with Crippen molar-refractivity contribution in [2.24, 2.45) is 0 Å². The number of nitrogens with one attached hydrogen (secondary N) is 1. The van der Waals surface area contributed by atoms with Gasteiger partial charge in [0.25, 0.3) is 0 Å². The summed E-state index contributed by atoms with van der Waals surface area (Å²) in [6, 6.07) is 23.4. The molecule has 2 N–H and O–H groups in total. The molecule has 208 valence electrons. The fraction of sp³-hybridized carbons (Fsp3) is 0.364. The van der Waals surface area contributed by atoms with Gasteiger partial charge in [0.2, 0.25) is 11.8 Å². The van der Waals surface area contributed by atoms with Gasteiger partial charge in [0.05, 0.1) is 12.8 Å². The molecule has 0 bridgehead atoms. The number of unbranched alkanes of at least 4 members (excludes halogenated alkanes) is 1. The second-order valence-corrected chi connectivity index (χ2v) is 10.8. The van der Waals surface area contributed by atoms with Gasteiger partial charge in [0.1, 0.15) is 5.41 Å². The van der Waals surface area contributed by atoms with E-state index in [0.29, 0.717) is 25.9 Å². The van der Waals surface area contributed by atoms with Crippen molar-refractivity contribution in [2.75, 3.05) is 39.8 Å². The van der Waals surface area contributed by atoms with Crippen molar-refractivity contribution in [2.45, 2.75) is 37.5 Å². The number of aliphatic carboxylic acids is 1. The number of rotatable bonds is 10. The summed E-state index contributed by atoms with van der Waals surface area (Å²) in [6.07, 6.45) is 2.65. The molecule has 0 spiro atoms. The van der Waals surface area contributed by atoms with Crippen LogP contribution in [0.2, 0.25) is 0 Å². The zero-order valence-electron chi connectivity index (χ0n) is 23.1. The van der Waals surface area contributed by atoms with Crippen molar-refractivity contribution < 1.29 is 19.5 Å². The van der Waals surface area contributed by atoms with Gasteiger partial charge in [-0.2, -0.15) is 0 Å². The molecule has 2 amide bonds. The average Bonchev–Trinajstić information content (AvgIpc) is 3.28. The summed E-state index contributed by atoms with van der Waals surface area (Å²) in [4.78, 5) is 42.5. The van der Waals surface area contributed by atoms with E-state index < -0.39 is 11.4 Å². The number of hydrogen-bond donors (Lipinski definition) is 2. The largest absolute Gasteiger partial charge is 0.480 e. The number of amides is 2. The van der Waals surface area contributed by atoms with Gasteiger partial charge < -0.3 is 15.3 Å². The normalized spacial score (nSPS) is 18.2. The molecule has 1 aliphatic heterocycles. The summed E-state index contributed by atoms with van der Waals surface area (Å²) >= 11 is 0. The van der Waals surface area contributed by atoms with E-state index in [2.05, 4.69) is 10.2 Å². The molecule has 0 radical (unpaired) electrons. The zero-order chi connectivity index (χ0) is 28.1. The van der Waals surface area contributed by atoms with Crippen molar-refractivity contribution in [3.63, 3.8) is 0 Å². The Bertz CT molecular complexity index is 1380. The van der Waals surface area contributed by atoms with Gasteiger partial charge in [-0.3, -0.25) is 19.3 Å². The fourth-order valence-electron chi connectivity index (χ4n) is 6.38. The van der Waals surface area contributed by atoms with Crippen LogP contribution < -0.4 is 5.32 Å². The van der Waals surface area contributed by atoms with E-state index in [4.69, 9.17) is 0 Å². The highest BCUT2D eigenvalue weighted by molar-refractivity contribution is 5.98. The Kier molecular flexibility index (Phi) is 8.31. The molecule has 1 atom stereocenters. The summed E-state index contributed by atoms with van der Waals surface area (Å²) in [5, 5.41) is 13.4. The van der Waals surface area contributed by atoms with Crippen LogP contribution in [0.4, 0.5) is 0 Å². The fourth-order valence-corrected chi connectivity index (χ4v) is 6.38. The van der Waals surface area contributed by atoms with Gasteiger partial charge in [0.15, 0.2) is 0 Å². The smallest absolute Gasteiger partial charge is 0.318 e. The molecule has 5 rings (SSSR count). The number of carboxylic acids is 1. The summed E-state index contributed by atoms with van der Waals surface area (Å²) < 4.78 is 0. The lowest BCUT2D eigenvalue weighted by atomic mass is 9.72.